The van der Waals surface area contributed by atoms with Gasteiger partial charge in [0, 0.05) is 43.7 Å². The molecule has 1 saturated heterocycles. The Bertz CT molecular complexity index is 1140. The van der Waals surface area contributed by atoms with E-state index in [0.717, 1.165) is 24.4 Å². The molecule has 1 saturated carbocycles. The Kier molecular flexibility index (Phi) is 9.53. The van der Waals surface area contributed by atoms with Crippen LogP contribution in [0.25, 0.3) is 0 Å². The summed E-state index contributed by atoms with van der Waals surface area (Å²) in [6.45, 7) is 7.65. The van der Waals surface area contributed by atoms with Gasteiger partial charge in [-0.15, -0.1) is 0 Å². The lowest BCUT2D eigenvalue weighted by Gasteiger charge is -2.42. The van der Waals surface area contributed by atoms with Crippen molar-refractivity contribution in [1.29, 1.82) is 0 Å². The van der Waals surface area contributed by atoms with Crippen LogP contribution in [0.15, 0.2) is 53.5 Å². The van der Waals surface area contributed by atoms with Crippen molar-refractivity contribution >= 4 is 18.1 Å². The first-order valence-electron chi connectivity index (χ1n) is 13.8. The average Bonchev–Trinajstić information content (AvgIpc) is 2.85. The largest absolute Gasteiger partial charge is 0.491 e. The van der Waals surface area contributed by atoms with E-state index in [1.54, 1.807) is 17.0 Å². The first-order chi connectivity index (χ1) is 18.6. The highest BCUT2D eigenvalue weighted by atomic mass is 19.3. The minimum absolute atomic E-state index is 0.100. The van der Waals surface area contributed by atoms with Crippen molar-refractivity contribution in [3.05, 3.63) is 59.9 Å². The maximum absolute atomic E-state index is 14.1. The number of likely N-dealkylation sites (tertiary alicyclic amines) is 1. The van der Waals surface area contributed by atoms with Crippen molar-refractivity contribution in [1.82, 2.24) is 10.2 Å². The smallest absolute Gasteiger partial charge is 0.327 e. The van der Waals surface area contributed by atoms with Crippen molar-refractivity contribution in [3.63, 3.8) is 0 Å². The van der Waals surface area contributed by atoms with Crippen LogP contribution in [-0.4, -0.2) is 54.0 Å². The SMILES string of the molecule is CC(C)Oc1cccc(CN2CC[C@@H](N(C(=O)NC=NC3CCCC(F)(F)C3)c3cccc(F)c3)C[C@@H]2C)c1. The van der Waals surface area contributed by atoms with Gasteiger partial charge in [-0.05, 0) is 82.3 Å². The molecule has 1 aliphatic heterocycles. The highest BCUT2D eigenvalue weighted by Crippen LogP contribution is 2.34. The molecule has 1 N–H and O–H groups in total. The molecule has 6 nitrogen and oxygen atoms in total. The molecule has 1 unspecified atom stereocenters. The van der Waals surface area contributed by atoms with Gasteiger partial charge in [-0.1, -0.05) is 18.2 Å². The van der Waals surface area contributed by atoms with Crippen LogP contribution < -0.4 is 15.0 Å². The van der Waals surface area contributed by atoms with E-state index in [-0.39, 0.29) is 31.0 Å². The van der Waals surface area contributed by atoms with Crippen LogP contribution in [0.3, 0.4) is 0 Å². The first kappa shape index (κ1) is 28.9. The lowest BCUT2D eigenvalue weighted by Crippen LogP contribution is -2.53. The summed E-state index contributed by atoms with van der Waals surface area (Å²) in [5.74, 6) is -2.31. The molecule has 2 aromatic rings. The van der Waals surface area contributed by atoms with Crippen molar-refractivity contribution < 1.29 is 22.7 Å². The Morgan fingerprint density at radius 3 is 2.74 bits per heavy atom. The number of benzene rings is 2. The van der Waals surface area contributed by atoms with Gasteiger partial charge >= 0.3 is 6.03 Å². The normalized spacial score (nSPS) is 23.6. The summed E-state index contributed by atoms with van der Waals surface area (Å²) in [4.78, 5) is 21.5. The Labute approximate surface area is 229 Å². The van der Waals surface area contributed by atoms with E-state index in [4.69, 9.17) is 4.74 Å². The number of hydrogen-bond donors (Lipinski definition) is 1. The van der Waals surface area contributed by atoms with Crippen molar-refractivity contribution in [2.75, 3.05) is 11.4 Å². The number of urea groups is 1. The number of ether oxygens (including phenoxy) is 1. The molecule has 4 rings (SSSR count). The van der Waals surface area contributed by atoms with Gasteiger partial charge < -0.3 is 4.74 Å². The number of nitrogens with one attached hydrogen (secondary N) is 1. The molecule has 2 aliphatic rings. The Morgan fingerprint density at radius 2 is 2.03 bits per heavy atom. The molecule has 0 spiro atoms. The molecule has 3 atom stereocenters. The van der Waals surface area contributed by atoms with E-state index in [2.05, 4.69) is 34.3 Å². The van der Waals surface area contributed by atoms with Gasteiger partial charge in [0.05, 0.1) is 18.5 Å². The first-order valence-corrected chi connectivity index (χ1v) is 13.8. The zero-order chi connectivity index (χ0) is 28.0. The summed E-state index contributed by atoms with van der Waals surface area (Å²) < 4.78 is 47.4. The summed E-state index contributed by atoms with van der Waals surface area (Å²) in [7, 11) is 0. The van der Waals surface area contributed by atoms with E-state index in [9.17, 15) is 18.0 Å². The molecule has 2 amide bonds. The molecule has 212 valence electrons. The van der Waals surface area contributed by atoms with Gasteiger partial charge in [0.1, 0.15) is 11.6 Å². The molecule has 9 heteroatoms. The van der Waals surface area contributed by atoms with Gasteiger partial charge in [0.15, 0.2) is 0 Å². The van der Waals surface area contributed by atoms with E-state index in [0.29, 0.717) is 31.4 Å². The number of piperidine rings is 1. The summed E-state index contributed by atoms with van der Waals surface area (Å²) in [5, 5.41) is 2.66. The van der Waals surface area contributed by atoms with Gasteiger partial charge in [-0.25, -0.2) is 18.0 Å². The standard InChI is InChI=1S/C30H39F3N4O2/c1-21(2)39-28-11-4-7-23(16-28)19-36-14-12-27(15-22(36)3)37(26-10-5-8-24(31)17-26)29(38)35-20-34-25-9-6-13-30(32,33)18-25/h4-5,7-8,10-11,16-17,20-22,25,27H,6,9,12-15,18-19H2,1-3H3,(H,34,35,38)/t22-,25?,27+/m0/s1. The van der Waals surface area contributed by atoms with E-state index >= 15 is 0 Å². The molecule has 0 bridgehead atoms. The summed E-state index contributed by atoms with van der Waals surface area (Å²) in [6.07, 6.45) is 3.26. The molecule has 1 heterocycles. The molecular formula is C30H39F3N4O2. The zero-order valence-electron chi connectivity index (χ0n) is 23.0. The number of rotatable bonds is 8. The fourth-order valence-electron chi connectivity index (χ4n) is 5.55. The number of hydrogen-bond acceptors (Lipinski definition) is 4. The second-order valence-corrected chi connectivity index (χ2v) is 11.0. The number of nitrogens with zero attached hydrogens (tertiary/aromatic N) is 3. The van der Waals surface area contributed by atoms with Crippen LogP contribution >= 0.6 is 0 Å². The highest BCUT2D eigenvalue weighted by Gasteiger charge is 2.36. The molecular weight excluding hydrogens is 505 g/mol. The van der Waals surface area contributed by atoms with E-state index in [1.807, 2.05) is 26.0 Å². The van der Waals surface area contributed by atoms with Gasteiger partial charge in [0.25, 0.3) is 0 Å². The predicted octanol–water partition coefficient (Wildman–Crippen LogP) is 6.79. The molecule has 1 aliphatic carbocycles. The predicted molar refractivity (Wildman–Crippen MR) is 148 cm³/mol. The lowest BCUT2D eigenvalue weighted by molar-refractivity contribution is -0.0392. The number of alkyl halides is 2. The van der Waals surface area contributed by atoms with Crippen LogP contribution in [0, 0.1) is 5.82 Å². The maximum atomic E-state index is 14.1. The van der Waals surface area contributed by atoms with Crippen LogP contribution in [-0.2, 0) is 6.54 Å². The molecule has 2 fully saturated rings. The Balaban J connectivity index is 1.43. The molecule has 0 radical (unpaired) electrons. The summed E-state index contributed by atoms with van der Waals surface area (Å²) >= 11 is 0. The Hall–Kier alpha value is -3.07. The lowest BCUT2D eigenvalue weighted by atomic mass is 9.93. The Morgan fingerprint density at radius 1 is 1.23 bits per heavy atom. The van der Waals surface area contributed by atoms with Crippen molar-refractivity contribution in [3.8, 4) is 5.75 Å². The molecule has 0 aromatic heterocycles. The minimum Gasteiger partial charge on any atom is -0.491 e. The number of amides is 2. The number of carbonyl (C=O) groups is 1. The van der Waals surface area contributed by atoms with Crippen LogP contribution in [0.4, 0.5) is 23.7 Å². The van der Waals surface area contributed by atoms with Crippen LogP contribution in [0.5, 0.6) is 5.75 Å². The monoisotopic (exact) mass is 544 g/mol. The van der Waals surface area contributed by atoms with E-state index in [1.165, 1.54) is 18.5 Å². The van der Waals surface area contributed by atoms with Crippen molar-refractivity contribution in [2.45, 2.75) is 96.0 Å². The second-order valence-electron chi connectivity index (χ2n) is 11.0. The number of aliphatic imine (C=N–C) groups is 1. The summed E-state index contributed by atoms with van der Waals surface area (Å²) in [5.41, 5.74) is 1.61. The maximum Gasteiger partial charge on any atom is 0.327 e. The third kappa shape index (κ3) is 8.21. The third-order valence-corrected chi connectivity index (χ3v) is 7.40. The average molecular weight is 545 g/mol. The van der Waals surface area contributed by atoms with Crippen LogP contribution in [0.2, 0.25) is 0 Å². The second kappa shape index (κ2) is 12.9. The van der Waals surface area contributed by atoms with Gasteiger partial charge in [-0.3, -0.25) is 20.1 Å². The molecule has 2 aromatic carbocycles. The minimum atomic E-state index is -2.72. The van der Waals surface area contributed by atoms with E-state index < -0.39 is 23.8 Å². The van der Waals surface area contributed by atoms with Crippen LogP contribution in [0.1, 0.15) is 64.9 Å². The van der Waals surface area contributed by atoms with Gasteiger partial charge in [0.2, 0.25) is 5.92 Å². The number of anilines is 1. The summed E-state index contributed by atoms with van der Waals surface area (Å²) in [6, 6.07) is 13.1. The fraction of sp³-hybridized carbons (Fsp3) is 0.533. The highest BCUT2D eigenvalue weighted by molar-refractivity contribution is 5.98. The number of halogens is 3. The quantitative estimate of drug-likeness (QED) is 0.294. The zero-order valence-corrected chi connectivity index (χ0v) is 23.0. The van der Waals surface area contributed by atoms with Gasteiger partial charge in [-0.2, -0.15) is 0 Å². The molecule has 39 heavy (non-hydrogen) atoms. The fourth-order valence-corrected chi connectivity index (χ4v) is 5.55. The number of carbonyl (C=O) groups excluding carboxylic acids is 1. The van der Waals surface area contributed by atoms with Crippen molar-refractivity contribution in [2.24, 2.45) is 4.99 Å². The third-order valence-electron chi connectivity index (χ3n) is 7.40. The topological polar surface area (TPSA) is 57.2 Å².